The molecule has 2 rings (SSSR count). The number of rotatable bonds is 4. The second-order valence-corrected chi connectivity index (χ2v) is 5.97. The Labute approximate surface area is 129 Å². The molecule has 0 saturated heterocycles. The van der Waals surface area contributed by atoms with Crippen molar-refractivity contribution in [1.29, 1.82) is 0 Å². The maximum atomic E-state index is 4.49. The third-order valence-corrected chi connectivity index (χ3v) is 4.68. The molecular weight excluding hydrogens is 405 g/mol. The third kappa shape index (κ3) is 2.88. The minimum absolute atomic E-state index is 0.768. The largest absolute Gasteiger partial charge is 0.379 e. The summed E-state index contributed by atoms with van der Waals surface area (Å²) in [6, 6.07) is 8.27. The molecule has 0 saturated carbocycles. The quantitative estimate of drug-likeness (QED) is 0.760. The van der Waals surface area contributed by atoms with Crippen molar-refractivity contribution in [1.82, 2.24) is 9.78 Å². The Hall–Kier alpha value is -0.560. The van der Waals surface area contributed by atoms with Crippen LogP contribution in [-0.4, -0.2) is 9.78 Å². The molecule has 0 radical (unpaired) electrons. The topological polar surface area (TPSA) is 29.9 Å². The molecule has 5 heteroatoms. The number of anilines is 1. The Morgan fingerprint density at radius 1 is 1.39 bits per heavy atom. The molecule has 2 aromatic rings. The first-order chi connectivity index (χ1) is 8.63. The maximum absolute atomic E-state index is 4.49. The highest BCUT2D eigenvalue weighted by Gasteiger charge is 2.12. The summed E-state index contributed by atoms with van der Waals surface area (Å²) in [5.41, 5.74) is 3.44. The van der Waals surface area contributed by atoms with Gasteiger partial charge in [-0.3, -0.25) is 4.68 Å². The number of halogens is 2. The van der Waals surface area contributed by atoms with Gasteiger partial charge >= 0.3 is 0 Å². The first kappa shape index (κ1) is 13.9. The van der Waals surface area contributed by atoms with Crippen LogP contribution in [0.25, 0.3) is 0 Å². The van der Waals surface area contributed by atoms with Gasteiger partial charge in [0.15, 0.2) is 0 Å². The zero-order valence-corrected chi connectivity index (χ0v) is 14.1. The summed E-state index contributed by atoms with van der Waals surface area (Å²) in [6.07, 6.45) is 0.942. The van der Waals surface area contributed by atoms with Crippen LogP contribution in [0.15, 0.2) is 28.7 Å². The van der Waals surface area contributed by atoms with E-state index in [4.69, 9.17) is 0 Å². The predicted molar refractivity (Wildman–Crippen MR) is 86.8 cm³/mol. The van der Waals surface area contributed by atoms with Crippen molar-refractivity contribution in [3.63, 3.8) is 0 Å². The molecule has 0 unspecified atom stereocenters. The summed E-state index contributed by atoms with van der Waals surface area (Å²) in [6.45, 7) is 2.88. The van der Waals surface area contributed by atoms with Crippen LogP contribution in [0.3, 0.4) is 0 Å². The van der Waals surface area contributed by atoms with Crippen molar-refractivity contribution >= 4 is 44.2 Å². The number of hydrogen-bond donors (Lipinski definition) is 1. The molecule has 0 spiro atoms. The average Bonchev–Trinajstić information content (AvgIpc) is 2.64. The van der Waals surface area contributed by atoms with Gasteiger partial charge in [0.1, 0.15) is 0 Å². The second kappa shape index (κ2) is 6.06. The number of aryl methyl sites for hydroxylation is 2. The standard InChI is InChI=1S/C13H15BrIN3/c1-3-10-13(14)12(18(2)17-10)8-16-11-7-5-4-6-9(11)15/h4-7,16H,3,8H2,1-2H3. The van der Waals surface area contributed by atoms with Gasteiger partial charge < -0.3 is 5.32 Å². The van der Waals surface area contributed by atoms with Crippen LogP contribution < -0.4 is 5.32 Å². The molecule has 0 amide bonds. The summed E-state index contributed by atoms with van der Waals surface area (Å²) >= 11 is 5.97. The van der Waals surface area contributed by atoms with Crippen LogP contribution in [0.1, 0.15) is 18.3 Å². The predicted octanol–water partition coefficient (Wildman–Crippen LogP) is 3.96. The van der Waals surface area contributed by atoms with E-state index in [-0.39, 0.29) is 0 Å². The number of nitrogens with zero attached hydrogens (tertiary/aromatic N) is 2. The molecule has 18 heavy (non-hydrogen) atoms. The fourth-order valence-electron chi connectivity index (χ4n) is 1.80. The lowest BCUT2D eigenvalue weighted by Crippen LogP contribution is -2.06. The van der Waals surface area contributed by atoms with Gasteiger partial charge in [-0.1, -0.05) is 19.1 Å². The highest BCUT2D eigenvalue weighted by molar-refractivity contribution is 14.1. The Bertz CT molecular complexity index is 551. The third-order valence-electron chi connectivity index (χ3n) is 2.82. The molecule has 3 nitrogen and oxygen atoms in total. The molecular formula is C13H15BrIN3. The number of aromatic nitrogens is 2. The van der Waals surface area contributed by atoms with E-state index in [1.165, 1.54) is 9.26 Å². The summed E-state index contributed by atoms with van der Waals surface area (Å²) < 4.78 is 4.28. The number of para-hydroxylation sites is 1. The summed E-state index contributed by atoms with van der Waals surface area (Å²) in [5.74, 6) is 0. The van der Waals surface area contributed by atoms with Crippen molar-refractivity contribution < 1.29 is 0 Å². The van der Waals surface area contributed by atoms with E-state index in [1.807, 2.05) is 23.9 Å². The van der Waals surface area contributed by atoms with Gasteiger partial charge in [-0.15, -0.1) is 0 Å². The Balaban J connectivity index is 2.16. The molecule has 96 valence electrons. The van der Waals surface area contributed by atoms with Crippen LogP contribution in [0.5, 0.6) is 0 Å². The summed E-state index contributed by atoms with van der Waals surface area (Å²) in [4.78, 5) is 0. The molecule has 0 aliphatic carbocycles. The molecule has 1 aromatic heterocycles. The maximum Gasteiger partial charge on any atom is 0.0767 e. The fourth-order valence-corrected chi connectivity index (χ4v) is 3.13. The Kier molecular flexibility index (Phi) is 4.66. The molecule has 1 N–H and O–H groups in total. The van der Waals surface area contributed by atoms with Gasteiger partial charge in [-0.25, -0.2) is 0 Å². The number of hydrogen-bond acceptors (Lipinski definition) is 2. The van der Waals surface area contributed by atoms with E-state index in [0.29, 0.717) is 0 Å². The normalized spacial score (nSPS) is 10.7. The zero-order chi connectivity index (χ0) is 13.1. The van der Waals surface area contributed by atoms with Crippen molar-refractivity contribution in [2.75, 3.05) is 5.32 Å². The monoisotopic (exact) mass is 419 g/mol. The van der Waals surface area contributed by atoms with E-state index in [9.17, 15) is 0 Å². The summed E-state index contributed by atoms with van der Waals surface area (Å²) in [5, 5.41) is 7.94. The van der Waals surface area contributed by atoms with Gasteiger partial charge in [0, 0.05) is 16.3 Å². The highest BCUT2D eigenvalue weighted by atomic mass is 127. The van der Waals surface area contributed by atoms with E-state index in [2.05, 4.69) is 68.0 Å². The lowest BCUT2D eigenvalue weighted by molar-refractivity contribution is 0.706. The van der Waals surface area contributed by atoms with Gasteiger partial charge in [-0.05, 0) is 57.1 Å². The van der Waals surface area contributed by atoms with Crippen molar-refractivity contribution in [3.05, 3.63) is 43.7 Å². The van der Waals surface area contributed by atoms with E-state index >= 15 is 0 Å². The van der Waals surface area contributed by atoms with E-state index in [0.717, 1.165) is 28.8 Å². The van der Waals surface area contributed by atoms with Gasteiger partial charge in [0.05, 0.1) is 22.4 Å². The van der Waals surface area contributed by atoms with Crippen molar-refractivity contribution in [2.45, 2.75) is 19.9 Å². The van der Waals surface area contributed by atoms with Crippen molar-refractivity contribution in [2.24, 2.45) is 7.05 Å². The number of benzene rings is 1. The SMILES string of the molecule is CCc1nn(C)c(CNc2ccccc2I)c1Br. The first-order valence-electron chi connectivity index (χ1n) is 5.82. The molecule has 0 aliphatic heterocycles. The minimum Gasteiger partial charge on any atom is -0.379 e. The van der Waals surface area contributed by atoms with Crippen LogP contribution in [0, 0.1) is 3.57 Å². The molecule has 0 fully saturated rings. The van der Waals surface area contributed by atoms with Gasteiger partial charge in [-0.2, -0.15) is 5.10 Å². The molecule has 1 aromatic carbocycles. The summed E-state index contributed by atoms with van der Waals surface area (Å²) in [7, 11) is 1.98. The van der Waals surface area contributed by atoms with Crippen LogP contribution in [0.4, 0.5) is 5.69 Å². The Morgan fingerprint density at radius 3 is 2.72 bits per heavy atom. The number of nitrogens with one attached hydrogen (secondary N) is 1. The zero-order valence-electron chi connectivity index (χ0n) is 10.4. The van der Waals surface area contributed by atoms with Crippen LogP contribution in [0.2, 0.25) is 0 Å². The lowest BCUT2D eigenvalue weighted by atomic mass is 10.3. The van der Waals surface area contributed by atoms with Gasteiger partial charge in [0.2, 0.25) is 0 Å². The average molecular weight is 420 g/mol. The molecule has 0 aliphatic rings. The Morgan fingerprint density at radius 2 is 2.11 bits per heavy atom. The first-order valence-corrected chi connectivity index (χ1v) is 7.69. The fraction of sp³-hybridized carbons (Fsp3) is 0.308. The molecule has 0 atom stereocenters. The van der Waals surface area contributed by atoms with Gasteiger partial charge in [0.25, 0.3) is 0 Å². The minimum atomic E-state index is 0.768. The van der Waals surface area contributed by atoms with Crippen LogP contribution in [-0.2, 0) is 20.0 Å². The lowest BCUT2D eigenvalue weighted by Gasteiger charge is -2.09. The highest BCUT2D eigenvalue weighted by Crippen LogP contribution is 2.23. The van der Waals surface area contributed by atoms with Crippen LogP contribution >= 0.6 is 38.5 Å². The van der Waals surface area contributed by atoms with E-state index in [1.54, 1.807) is 0 Å². The van der Waals surface area contributed by atoms with E-state index < -0.39 is 0 Å². The smallest absolute Gasteiger partial charge is 0.0767 e. The molecule has 0 bridgehead atoms. The second-order valence-electron chi connectivity index (χ2n) is 4.02. The van der Waals surface area contributed by atoms with Crippen molar-refractivity contribution in [3.8, 4) is 0 Å². The molecule has 1 heterocycles.